The van der Waals surface area contributed by atoms with Crippen LogP contribution in [0.15, 0.2) is 4.99 Å². The maximum Gasteiger partial charge on any atom is 0.193 e. The second kappa shape index (κ2) is 12.1. The summed E-state index contributed by atoms with van der Waals surface area (Å²) in [5, 5.41) is 12.3. The van der Waals surface area contributed by atoms with Gasteiger partial charge in [0.2, 0.25) is 0 Å². The number of aryl methyl sites for hydroxylation is 1. The first kappa shape index (κ1) is 22.0. The average molecular weight is 407 g/mol. The largest absolute Gasteiger partial charge is 0.385 e. The van der Waals surface area contributed by atoms with Crippen molar-refractivity contribution in [2.75, 3.05) is 46.5 Å². The number of methoxy groups -OCH3 is 1. The van der Waals surface area contributed by atoms with E-state index in [2.05, 4.69) is 31.9 Å². The van der Waals surface area contributed by atoms with Gasteiger partial charge in [-0.05, 0) is 39.0 Å². The number of aliphatic imine (C=N–C) groups is 1. The molecule has 0 atom stereocenters. The predicted octanol–water partition coefficient (Wildman–Crippen LogP) is 2.03. The standard InChI is InChI=1S/C21H38N6O2/c1-3-22-21(26-14-10-18(11-15-26)29-17-7-16-28-2)23-12-9-20-25-24-19-8-5-4-6-13-27(19)20/h18H,3-17H2,1-2H3,(H,22,23). The van der Waals surface area contributed by atoms with Crippen molar-refractivity contribution in [3.05, 3.63) is 11.6 Å². The molecule has 29 heavy (non-hydrogen) atoms. The molecule has 3 rings (SSSR count). The highest BCUT2D eigenvalue weighted by Crippen LogP contribution is 2.16. The zero-order chi connectivity index (χ0) is 20.3. The first-order valence-corrected chi connectivity index (χ1v) is 11.4. The maximum absolute atomic E-state index is 5.98. The zero-order valence-corrected chi connectivity index (χ0v) is 18.2. The second-order valence-electron chi connectivity index (χ2n) is 7.88. The molecule has 2 aliphatic rings. The smallest absolute Gasteiger partial charge is 0.193 e. The van der Waals surface area contributed by atoms with E-state index < -0.39 is 0 Å². The van der Waals surface area contributed by atoms with Gasteiger partial charge in [-0.25, -0.2) is 0 Å². The monoisotopic (exact) mass is 406 g/mol. The van der Waals surface area contributed by atoms with Gasteiger partial charge in [0.1, 0.15) is 11.6 Å². The minimum absolute atomic E-state index is 0.359. The number of hydrogen-bond donors (Lipinski definition) is 1. The van der Waals surface area contributed by atoms with Crippen LogP contribution >= 0.6 is 0 Å². The molecule has 1 N–H and O–H groups in total. The third-order valence-corrected chi connectivity index (χ3v) is 5.71. The molecule has 0 amide bonds. The third kappa shape index (κ3) is 6.67. The number of fused-ring (bicyclic) bond motifs is 1. The van der Waals surface area contributed by atoms with Crippen molar-refractivity contribution >= 4 is 5.96 Å². The van der Waals surface area contributed by atoms with Crippen molar-refractivity contribution in [1.29, 1.82) is 0 Å². The first-order chi connectivity index (χ1) is 14.3. The lowest BCUT2D eigenvalue weighted by molar-refractivity contribution is 0.00991. The van der Waals surface area contributed by atoms with Crippen molar-refractivity contribution < 1.29 is 9.47 Å². The number of guanidine groups is 1. The minimum atomic E-state index is 0.359. The van der Waals surface area contributed by atoms with E-state index in [1.54, 1.807) is 7.11 Å². The molecule has 1 saturated heterocycles. The number of rotatable bonds is 9. The van der Waals surface area contributed by atoms with E-state index in [9.17, 15) is 0 Å². The molecule has 0 unspecified atom stereocenters. The summed E-state index contributed by atoms with van der Waals surface area (Å²) in [6, 6.07) is 0. The summed E-state index contributed by atoms with van der Waals surface area (Å²) in [4.78, 5) is 7.25. The van der Waals surface area contributed by atoms with E-state index in [1.807, 2.05) is 0 Å². The van der Waals surface area contributed by atoms with Crippen molar-refractivity contribution in [3.8, 4) is 0 Å². The average Bonchev–Trinajstić information content (AvgIpc) is 2.97. The summed E-state index contributed by atoms with van der Waals surface area (Å²) in [5.74, 6) is 3.26. The van der Waals surface area contributed by atoms with Crippen LogP contribution in [0.1, 0.15) is 57.1 Å². The molecular formula is C21H38N6O2. The Hall–Kier alpha value is -1.67. The first-order valence-electron chi connectivity index (χ1n) is 11.4. The number of hydrogen-bond acceptors (Lipinski definition) is 5. The molecule has 8 nitrogen and oxygen atoms in total. The van der Waals surface area contributed by atoms with Gasteiger partial charge in [-0.3, -0.25) is 4.99 Å². The fraction of sp³-hybridized carbons (Fsp3) is 0.857. The van der Waals surface area contributed by atoms with Crippen LogP contribution < -0.4 is 5.32 Å². The number of nitrogens with one attached hydrogen (secondary N) is 1. The lowest BCUT2D eigenvalue weighted by Crippen LogP contribution is -2.47. The summed E-state index contributed by atoms with van der Waals surface area (Å²) in [7, 11) is 1.74. The zero-order valence-electron chi connectivity index (χ0n) is 18.2. The molecule has 0 spiro atoms. The molecule has 0 saturated carbocycles. The summed E-state index contributed by atoms with van der Waals surface area (Å²) in [5.41, 5.74) is 0. The summed E-state index contributed by atoms with van der Waals surface area (Å²) < 4.78 is 13.4. The van der Waals surface area contributed by atoms with Gasteiger partial charge in [-0.1, -0.05) is 6.42 Å². The van der Waals surface area contributed by atoms with Crippen molar-refractivity contribution in [3.63, 3.8) is 0 Å². The molecule has 1 fully saturated rings. The van der Waals surface area contributed by atoms with Crippen LogP contribution in [0.3, 0.4) is 0 Å². The molecule has 2 aliphatic heterocycles. The van der Waals surface area contributed by atoms with Crippen LogP contribution in [0.2, 0.25) is 0 Å². The lowest BCUT2D eigenvalue weighted by atomic mass is 10.1. The molecule has 0 aromatic carbocycles. The third-order valence-electron chi connectivity index (χ3n) is 5.71. The highest BCUT2D eigenvalue weighted by atomic mass is 16.5. The fourth-order valence-electron chi connectivity index (χ4n) is 4.11. The predicted molar refractivity (Wildman–Crippen MR) is 114 cm³/mol. The van der Waals surface area contributed by atoms with Crippen molar-refractivity contribution in [2.45, 2.75) is 70.9 Å². The van der Waals surface area contributed by atoms with Gasteiger partial charge >= 0.3 is 0 Å². The van der Waals surface area contributed by atoms with Crippen LogP contribution in [-0.4, -0.2) is 78.2 Å². The van der Waals surface area contributed by atoms with Crippen LogP contribution in [-0.2, 0) is 28.9 Å². The molecule has 164 valence electrons. The highest BCUT2D eigenvalue weighted by Gasteiger charge is 2.22. The Morgan fingerprint density at radius 3 is 2.79 bits per heavy atom. The highest BCUT2D eigenvalue weighted by molar-refractivity contribution is 5.80. The lowest BCUT2D eigenvalue weighted by Gasteiger charge is -2.34. The van der Waals surface area contributed by atoms with E-state index in [-0.39, 0.29) is 0 Å². The Kier molecular flexibility index (Phi) is 9.21. The maximum atomic E-state index is 5.98. The van der Waals surface area contributed by atoms with Gasteiger partial charge in [-0.2, -0.15) is 0 Å². The quantitative estimate of drug-likeness (QED) is 0.384. The van der Waals surface area contributed by atoms with Crippen molar-refractivity contribution in [2.24, 2.45) is 4.99 Å². The van der Waals surface area contributed by atoms with Crippen LogP contribution in [0.4, 0.5) is 0 Å². The normalized spacial score (nSPS) is 18.6. The molecule has 3 heterocycles. The van der Waals surface area contributed by atoms with E-state index in [1.165, 1.54) is 19.3 Å². The van der Waals surface area contributed by atoms with Gasteiger partial charge in [-0.15, -0.1) is 10.2 Å². The SMILES string of the molecule is CCNC(=NCCc1nnc2n1CCCCC2)N1CCC(OCCCOC)CC1. The van der Waals surface area contributed by atoms with E-state index in [0.29, 0.717) is 6.10 Å². The van der Waals surface area contributed by atoms with E-state index in [4.69, 9.17) is 14.5 Å². The minimum Gasteiger partial charge on any atom is -0.385 e. The van der Waals surface area contributed by atoms with Gasteiger partial charge < -0.3 is 24.3 Å². The molecule has 1 aromatic rings. The Morgan fingerprint density at radius 2 is 2.00 bits per heavy atom. The Labute approximate surface area is 175 Å². The number of piperidine rings is 1. The van der Waals surface area contributed by atoms with Crippen LogP contribution in [0.25, 0.3) is 0 Å². The molecule has 1 aromatic heterocycles. The number of ether oxygens (including phenoxy) is 2. The fourth-order valence-corrected chi connectivity index (χ4v) is 4.11. The second-order valence-corrected chi connectivity index (χ2v) is 7.88. The molecule has 0 radical (unpaired) electrons. The summed E-state index contributed by atoms with van der Waals surface area (Å²) >= 11 is 0. The van der Waals surface area contributed by atoms with Gasteiger partial charge in [0.05, 0.1) is 6.10 Å². The number of aromatic nitrogens is 3. The summed E-state index contributed by atoms with van der Waals surface area (Å²) in [6.45, 7) is 8.34. The van der Waals surface area contributed by atoms with Crippen molar-refractivity contribution in [1.82, 2.24) is 25.0 Å². The van der Waals surface area contributed by atoms with Gasteiger partial charge in [0.15, 0.2) is 5.96 Å². The Bertz CT molecular complexity index is 625. The van der Waals surface area contributed by atoms with Crippen LogP contribution in [0, 0.1) is 0 Å². The van der Waals surface area contributed by atoms with E-state index in [0.717, 1.165) is 95.7 Å². The van der Waals surface area contributed by atoms with Gasteiger partial charge in [0.25, 0.3) is 0 Å². The molecule has 8 heteroatoms. The Morgan fingerprint density at radius 1 is 1.14 bits per heavy atom. The van der Waals surface area contributed by atoms with E-state index >= 15 is 0 Å². The molecule has 0 aliphatic carbocycles. The summed E-state index contributed by atoms with van der Waals surface area (Å²) in [6.07, 6.45) is 9.08. The topological polar surface area (TPSA) is 76.8 Å². The van der Waals surface area contributed by atoms with Crippen LogP contribution in [0.5, 0.6) is 0 Å². The molecular weight excluding hydrogens is 368 g/mol. The number of likely N-dealkylation sites (tertiary alicyclic amines) is 1. The Balaban J connectivity index is 1.47. The van der Waals surface area contributed by atoms with Gasteiger partial charge in [0, 0.05) is 65.9 Å². The number of nitrogens with zero attached hydrogens (tertiary/aromatic N) is 5. The molecule has 0 bridgehead atoms.